The molecule has 0 aromatic rings. The van der Waals surface area contributed by atoms with Crippen LogP contribution in [0.25, 0.3) is 0 Å². The number of carbonyl (C=O) groups excluding carboxylic acids is 1. The van der Waals surface area contributed by atoms with Gasteiger partial charge in [-0.25, -0.2) is 0 Å². The van der Waals surface area contributed by atoms with E-state index in [2.05, 4.69) is 5.32 Å². The van der Waals surface area contributed by atoms with E-state index in [1.54, 1.807) is 0 Å². The van der Waals surface area contributed by atoms with Gasteiger partial charge in [0.1, 0.15) is 0 Å². The normalized spacial score (nSPS) is 28.1. The quantitative estimate of drug-likeness (QED) is 0.409. The molecular formula is C4H5NO2. The van der Waals surface area contributed by atoms with Crippen molar-refractivity contribution < 1.29 is 9.90 Å². The minimum atomic E-state index is -0.986. The first-order valence-electron chi connectivity index (χ1n) is 1.95. The summed E-state index contributed by atoms with van der Waals surface area (Å²) in [7, 11) is 0. The fourth-order valence-electron chi connectivity index (χ4n) is 0.395. The Morgan fingerprint density at radius 3 is 2.71 bits per heavy atom. The topological polar surface area (TPSA) is 49.3 Å². The second-order valence-electron chi connectivity index (χ2n) is 1.30. The predicted octanol–water partition coefficient (Wildman–Crippen LogP) is -1.01. The highest BCUT2D eigenvalue weighted by Gasteiger charge is 2.13. The van der Waals surface area contributed by atoms with Gasteiger partial charge in [0.2, 0.25) is 5.78 Å². The van der Waals surface area contributed by atoms with Crippen molar-refractivity contribution in [2.75, 3.05) is 0 Å². The summed E-state index contributed by atoms with van der Waals surface area (Å²) in [4.78, 5) is 10.2. The van der Waals surface area contributed by atoms with E-state index in [-0.39, 0.29) is 5.78 Å². The lowest BCUT2D eigenvalue weighted by atomic mass is 10.4. The number of rotatable bonds is 0. The summed E-state index contributed by atoms with van der Waals surface area (Å²) >= 11 is 0. The van der Waals surface area contributed by atoms with E-state index in [1.807, 2.05) is 0 Å². The third-order valence-corrected chi connectivity index (χ3v) is 0.771. The SMILES string of the molecule is O=C1C=CNC1O. The lowest BCUT2D eigenvalue weighted by molar-refractivity contribution is -0.122. The lowest BCUT2D eigenvalue weighted by Crippen LogP contribution is -2.25. The zero-order valence-electron chi connectivity index (χ0n) is 3.59. The number of hydrogen-bond acceptors (Lipinski definition) is 3. The van der Waals surface area contributed by atoms with E-state index in [0.29, 0.717) is 0 Å². The predicted molar refractivity (Wildman–Crippen MR) is 23.3 cm³/mol. The van der Waals surface area contributed by atoms with Crippen LogP contribution in [0.1, 0.15) is 0 Å². The van der Waals surface area contributed by atoms with Crippen LogP contribution in [0.15, 0.2) is 12.3 Å². The lowest BCUT2D eigenvalue weighted by Gasteiger charge is -1.95. The number of hydrogen-bond donors (Lipinski definition) is 2. The molecule has 3 nitrogen and oxygen atoms in total. The maximum Gasteiger partial charge on any atom is 0.206 e. The molecule has 1 atom stereocenters. The summed E-state index contributed by atoms with van der Waals surface area (Å²) in [5.41, 5.74) is 0. The molecule has 1 unspecified atom stereocenters. The Morgan fingerprint density at radius 2 is 2.57 bits per heavy atom. The Morgan fingerprint density at radius 1 is 1.86 bits per heavy atom. The van der Waals surface area contributed by atoms with E-state index in [4.69, 9.17) is 5.11 Å². The minimum absolute atomic E-state index is 0.278. The fraction of sp³-hybridized carbons (Fsp3) is 0.250. The van der Waals surface area contributed by atoms with Crippen LogP contribution in [0.5, 0.6) is 0 Å². The first-order valence-corrected chi connectivity index (χ1v) is 1.95. The summed E-state index contributed by atoms with van der Waals surface area (Å²) in [6, 6.07) is 0. The summed E-state index contributed by atoms with van der Waals surface area (Å²) < 4.78 is 0. The third-order valence-electron chi connectivity index (χ3n) is 0.771. The van der Waals surface area contributed by atoms with Crippen LogP contribution in [-0.4, -0.2) is 17.1 Å². The fourth-order valence-corrected chi connectivity index (χ4v) is 0.395. The molecule has 1 rings (SSSR count). The Bertz CT molecular complexity index is 119. The first-order chi connectivity index (χ1) is 3.30. The molecule has 2 N–H and O–H groups in total. The van der Waals surface area contributed by atoms with E-state index >= 15 is 0 Å². The molecule has 1 heterocycles. The van der Waals surface area contributed by atoms with Gasteiger partial charge < -0.3 is 10.4 Å². The molecule has 0 fully saturated rings. The molecule has 0 amide bonds. The number of aliphatic hydroxyl groups is 1. The van der Waals surface area contributed by atoms with Crippen LogP contribution >= 0.6 is 0 Å². The van der Waals surface area contributed by atoms with Crippen LogP contribution in [0.4, 0.5) is 0 Å². The van der Waals surface area contributed by atoms with Gasteiger partial charge in [0.15, 0.2) is 6.23 Å². The van der Waals surface area contributed by atoms with Gasteiger partial charge in [-0.1, -0.05) is 0 Å². The third kappa shape index (κ3) is 0.618. The van der Waals surface area contributed by atoms with Gasteiger partial charge in [-0.05, 0) is 0 Å². The summed E-state index contributed by atoms with van der Waals surface area (Å²) in [5, 5.41) is 10.9. The summed E-state index contributed by atoms with van der Waals surface area (Å²) in [6.45, 7) is 0. The van der Waals surface area contributed by atoms with E-state index < -0.39 is 6.23 Å². The Kier molecular flexibility index (Phi) is 0.834. The Balaban J connectivity index is 2.62. The molecule has 0 aromatic carbocycles. The van der Waals surface area contributed by atoms with Gasteiger partial charge in [0, 0.05) is 12.3 Å². The average molecular weight is 99.1 g/mol. The van der Waals surface area contributed by atoms with E-state index in [1.165, 1.54) is 12.3 Å². The van der Waals surface area contributed by atoms with Crippen molar-refractivity contribution in [2.24, 2.45) is 0 Å². The smallest absolute Gasteiger partial charge is 0.206 e. The molecule has 0 bridgehead atoms. The van der Waals surface area contributed by atoms with Crippen molar-refractivity contribution >= 4 is 5.78 Å². The first kappa shape index (κ1) is 4.33. The number of aliphatic hydroxyl groups excluding tert-OH is 1. The van der Waals surface area contributed by atoms with Crippen molar-refractivity contribution in [3.63, 3.8) is 0 Å². The van der Waals surface area contributed by atoms with Gasteiger partial charge >= 0.3 is 0 Å². The molecule has 38 valence electrons. The molecule has 0 saturated carbocycles. The van der Waals surface area contributed by atoms with Crippen molar-refractivity contribution in [1.82, 2.24) is 5.32 Å². The second kappa shape index (κ2) is 1.35. The minimum Gasteiger partial charge on any atom is -0.367 e. The van der Waals surface area contributed by atoms with Crippen molar-refractivity contribution in [2.45, 2.75) is 6.23 Å². The van der Waals surface area contributed by atoms with E-state index in [0.717, 1.165) is 0 Å². The van der Waals surface area contributed by atoms with Gasteiger partial charge in [-0.2, -0.15) is 0 Å². The van der Waals surface area contributed by atoms with Gasteiger partial charge in [-0.15, -0.1) is 0 Å². The van der Waals surface area contributed by atoms with Crippen LogP contribution < -0.4 is 5.32 Å². The summed E-state index contributed by atoms with van der Waals surface area (Å²) in [6.07, 6.45) is 1.73. The van der Waals surface area contributed by atoms with E-state index in [9.17, 15) is 4.79 Å². The Labute approximate surface area is 40.6 Å². The maximum atomic E-state index is 10.2. The Hall–Kier alpha value is -0.830. The molecule has 0 saturated heterocycles. The molecular weight excluding hydrogens is 94.0 g/mol. The largest absolute Gasteiger partial charge is 0.367 e. The van der Waals surface area contributed by atoms with Crippen LogP contribution in [0.3, 0.4) is 0 Å². The van der Waals surface area contributed by atoms with Crippen LogP contribution in [0, 0.1) is 0 Å². The number of ketones is 1. The molecule has 1 aliphatic rings. The maximum absolute atomic E-state index is 10.2. The van der Waals surface area contributed by atoms with Gasteiger partial charge in [0.25, 0.3) is 0 Å². The zero-order valence-corrected chi connectivity index (χ0v) is 3.59. The van der Waals surface area contributed by atoms with Crippen molar-refractivity contribution in [3.8, 4) is 0 Å². The highest BCUT2D eigenvalue weighted by molar-refractivity contribution is 5.94. The average Bonchev–Trinajstić information content (AvgIpc) is 1.91. The van der Waals surface area contributed by atoms with Crippen molar-refractivity contribution in [3.05, 3.63) is 12.3 Å². The molecule has 0 aliphatic carbocycles. The van der Waals surface area contributed by atoms with Gasteiger partial charge in [-0.3, -0.25) is 4.79 Å². The standard InChI is InChI=1S/C4H5NO2/c6-3-1-2-5-4(3)7/h1-2,4-5,7H. The molecule has 1 aliphatic heterocycles. The number of nitrogens with one attached hydrogen (secondary N) is 1. The highest BCUT2D eigenvalue weighted by atomic mass is 16.3. The van der Waals surface area contributed by atoms with Crippen molar-refractivity contribution in [1.29, 1.82) is 0 Å². The molecule has 0 aromatic heterocycles. The number of carbonyl (C=O) groups is 1. The summed E-state index contributed by atoms with van der Waals surface area (Å²) in [5.74, 6) is -0.278. The van der Waals surface area contributed by atoms with Crippen LogP contribution in [-0.2, 0) is 4.79 Å². The second-order valence-corrected chi connectivity index (χ2v) is 1.30. The molecule has 7 heavy (non-hydrogen) atoms. The van der Waals surface area contributed by atoms with Crippen LogP contribution in [0.2, 0.25) is 0 Å². The zero-order chi connectivity index (χ0) is 5.28. The molecule has 0 spiro atoms. The molecule has 0 radical (unpaired) electrons. The van der Waals surface area contributed by atoms with Gasteiger partial charge in [0.05, 0.1) is 0 Å². The highest BCUT2D eigenvalue weighted by Crippen LogP contribution is 1.89. The molecule has 3 heteroatoms. The monoisotopic (exact) mass is 99.0 g/mol.